The van der Waals surface area contributed by atoms with Crippen LogP contribution >= 0.6 is 0 Å². The number of aromatic nitrogens is 1. The van der Waals surface area contributed by atoms with Crippen LogP contribution in [0.2, 0.25) is 0 Å². The van der Waals surface area contributed by atoms with E-state index in [4.69, 9.17) is 4.42 Å². The highest BCUT2D eigenvalue weighted by molar-refractivity contribution is 6.00. The van der Waals surface area contributed by atoms with Gasteiger partial charge in [-0.1, -0.05) is 25.1 Å². The quantitative estimate of drug-likeness (QED) is 0.610. The van der Waals surface area contributed by atoms with E-state index in [9.17, 15) is 9.59 Å². The van der Waals surface area contributed by atoms with E-state index >= 15 is 0 Å². The lowest BCUT2D eigenvalue weighted by atomic mass is 10.1. The zero-order valence-electron chi connectivity index (χ0n) is 17.1. The molecule has 0 fully saturated rings. The number of pyridine rings is 1. The fourth-order valence-corrected chi connectivity index (χ4v) is 3.31. The molecule has 2 heterocycles. The van der Waals surface area contributed by atoms with Crippen molar-refractivity contribution in [2.24, 2.45) is 7.05 Å². The molecule has 0 saturated heterocycles. The van der Waals surface area contributed by atoms with E-state index < -0.39 is 0 Å². The number of nitrogens with one attached hydrogen (secondary N) is 2. The molecule has 29 heavy (non-hydrogen) atoms. The monoisotopic (exact) mass is 396 g/mol. The molecule has 154 valence electrons. The molecule has 0 radical (unpaired) electrons. The number of benzene rings is 1. The van der Waals surface area contributed by atoms with E-state index in [-0.39, 0.29) is 11.6 Å². The van der Waals surface area contributed by atoms with Crippen molar-refractivity contribution in [1.29, 1.82) is 0 Å². The summed E-state index contributed by atoms with van der Waals surface area (Å²) in [4.78, 5) is 27.0. The molecular weight excluding hydrogens is 368 g/mol. The van der Waals surface area contributed by atoms with Crippen LogP contribution in [0.3, 0.4) is 0 Å². The maximum atomic E-state index is 12.4. The highest BCUT2D eigenvalue weighted by Gasteiger charge is 2.15. The number of urea groups is 1. The molecule has 2 N–H and O–H groups in total. The normalized spacial score (nSPS) is 12.3. The number of anilines is 1. The van der Waals surface area contributed by atoms with E-state index in [1.54, 1.807) is 25.6 Å². The van der Waals surface area contributed by atoms with Gasteiger partial charge in [0.05, 0.1) is 18.5 Å². The summed E-state index contributed by atoms with van der Waals surface area (Å²) in [5, 5.41) is 7.08. The van der Waals surface area contributed by atoms with Gasteiger partial charge >= 0.3 is 6.03 Å². The fourth-order valence-electron chi connectivity index (χ4n) is 3.31. The lowest BCUT2D eigenvalue weighted by Gasteiger charge is -2.27. The Morgan fingerprint density at radius 1 is 1.21 bits per heavy atom. The number of nitrogens with zero attached hydrogens (tertiary/aromatic N) is 2. The smallest absolute Gasteiger partial charge is 0.319 e. The maximum absolute atomic E-state index is 12.4. The third-order valence-corrected chi connectivity index (χ3v) is 5.18. The van der Waals surface area contributed by atoms with Gasteiger partial charge < -0.3 is 19.6 Å². The first-order chi connectivity index (χ1) is 14.0. The highest BCUT2D eigenvalue weighted by Crippen LogP contribution is 2.19. The van der Waals surface area contributed by atoms with Gasteiger partial charge in [-0.25, -0.2) is 4.79 Å². The highest BCUT2D eigenvalue weighted by atomic mass is 16.3. The van der Waals surface area contributed by atoms with Crippen molar-refractivity contribution in [3.05, 3.63) is 65.0 Å². The molecule has 0 bridgehead atoms. The molecule has 1 atom stereocenters. The SMILES string of the molecule is CC[C@H](C)N(CCNC(=O)Nc1cn(C)c(=O)c2ccccc12)Cc1ccco1. The van der Waals surface area contributed by atoms with E-state index in [0.717, 1.165) is 17.6 Å². The Bertz CT molecular complexity index is 1010. The molecule has 0 saturated carbocycles. The summed E-state index contributed by atoms with van der Waals surface area (Å²) < 4.78 is 6.94. The summed E-state index contributed by atoms with van der Waals surface area (Å²) in [5.41, 5.74) is 0.517. The molecule has 1 aromatic carbocycles. The predicted octanol–water partition coefficient (Wildman–Crippen LogP) is 3.55. The number of hydrogen-bond donors (Lipinski definition) is 2. The van der Waals surface area contributed by atoms with Gasteiger partial charge in [0.25, 0.3) is 5.56 Å². The lowest BCUT2D eigenvalue weighted by molar-refractivity contribution is 0.181. The number of fused-ring (bicyclic) bond motifs is 1. The van der Waals surface area contributed by atoms with Crippen LogP contribution in [0, 0.1) is 0 Å². The van der Waals surface area contributed by atoms with Crippen molar-refractivity contribution in [3.8, 4) is 0 Å². The van der Waals surface area contributed by atoms with E-state index in [1.807, 2.05) is 30.3 Å². The maximum Gasteiger partial charge on any atom is 0.319 e. The Kier molecular flexibility index (Phi) is 6.72. The summed E-state index contributed by atoms with van der Waals surface area (Å²) in [7, 11) is 1.68. The first-order valence-electron chi connectivity index (χ1n) is 9.89. The molecule has 2 aromatic heterocycles. The molecule has 0 aliphatic heterocycles. The standard InChI is InChI=1S/C22H28N4O3/c1-4-16(2)26(14-17-8-7-13-29-17)12-11-23-22(28)24-20-15-25(3)21(27)19-10-6-5-9-18(19)20/h5-10,13,15-16H,4,11-12,14H2,1-3H3,(H2,23,24,28)/t16-/m0/s1. The van der Waals surface area contributed by atoms with Crippen LogP contribution < -0.4 is 16.2 Å². The second-order valence-corrected chi connectivity index (χ2v) is 7.19. The summed E-state index contributed by atoms with van der Waals surface area (Å²) in [6, 6.07) is 11.2. The topological polar surface area (TPSA) is 79.5 Å². The van der Waals surface area contributed by atoms with Crippen LogP contribution in [-0.2, 0) is 13.6 Å². The second-order valence-electron chi connectivity index (χ2n) is 7.19. The minimum atomic E-state index is -0.295. The van der Waals surface area contributed by atoms with Crippen molar-refractivity contribution < 1.29 is 9.21 Å². The Morgan fingerprint density at radius 2 is 1.97 bits per heavy atom. The molecule has 3 rings (SSSR count). The third kappa shape index (κ3) is 5.06. The van der Waals surface area contributed by atoms with Gasteiger partial charge in [-0.2, -0.15) is 0 Å². The van der Waals surface area contributed by atoms with Crippen LogP contribution in [-0.4, -0.2) is 34.6 Å². The summed E-state index contributed by atoms with van der Waals surface area (Å²) in [6.45, 7) is 6.22. The number of rotatable bonds is 8. The van der Waals surface area contributed by atoms with Crippen molar-refractivity contribution in [3.63, 3.8) is 0 Å². The van der Waals surface area contributed by atoms with Crippen molar-refractivity contribution >= 4 is 22.5 Å². The molecule has 7 heteroatoms. The Morgan fingerprint density at radius 3 is 2.66 bits per heavy atom. The molecule has 0 spiro atoms. The van der Waals surface area contributed by atoms with Gasteiger partial charge in [0, 0.05) is 43.1 Å². The zero-order valence-corrected chi connectivity index (χ0v) is 17.1. The van der Waals surface area contributed by atoms with Crippen molar-refractivity contribution in [2.75, 3.05) is 18.4 Å². The number of aryl methyl sites for hydroxylation is 1. The minimum Gasteiger partial charge on any atom is -0.468 e. The first kappa shape index (κ1) is 20.7. The number of carbonyl (C=O) groups is 1. The molecule has 3 aromatic rings. The van der Waals surface area contributed by atoms with Gasteiger partial charge in [-0.05, 0) is 31.5 Å². The van der Waals surface area contributed by atoms with Crippen molar-refractivity contribution in [2.45, 2.75) is 32.9 Å². The number of furan rings is 1. The third-order valence-electron chi connectivity index (χ3n) is 5.18. The second kappa shape index (κ2) is 9.43. The average Bonchev–Trinajstić information content (AvgIpc) is 3.23. The number of amides is 2. The fraction of sp³-hybridized carbons (Fsp3) is 0.364. The van der Waals surface area contributed by atoms with Crippen LogP contribution in [0.1, 0.15) is 26.0 Å². The molecule has 7 nitrogen and oxygen atoms in total. The van der Waals surface area contributed by atoms with E-state index in [2.05, 4.69) is 29.4 Å². The Balaban J connectivity index is 1.61. The van der Waals surface area contributed by atoms with E-state index in [0.29, 0.717) is 36.7 Å². The van der Waals surface area contributed by atoms with Crippen LogP contribution in [0.15, 0.2) is 58.1 Å². The summed E-state index contributed by atoms with van der Waals surface area (Å²) in [6.07, 6.45) is 4.33. The van der Waals surface area contributed by atoms with Gasteiger partial charge in [0.15, 0.2) is 0 Å². The summed E-state index contributed by atoms with van der Waals surface area (Å²) in [5.74, 6) is 0.909. The molecule has 2 amide bonds. The Hall–Kier alpha value is -3.06. The average molecular weight is 396 g/mol. The Labute approximate surface area is 170 Å². The van der Waals surface area contributed by atoms with Crippen LogP contribution in [0.4, 0.5) is 10.5 Å². The molecule has 0 aliphatic rings. The minimum absolute atomic E-state index is 0.0892. The summed E-state index contributed by atoms with van der Waals surface area (Å²) >= 11 is 0. The van der Waals surface area contributed by atoms with Gasteiger partial charge in [0.1, 0.15) is 5.76 Å². The first-order valence-corrected chi connectivity index (χ1v) is 9.89. The zero-order chi connectivity index (χ0) is 20.8. The van der Waals surface area contributed by atoms with Gasteiger partial charge in [-0.15, -0.1) is 0 Å². The number of carbonyl (C=O) groups excluding carboxylic acids is 1. The predicted molar refractivity (Wildman–Crippen MR) is 115 cm³/mol. The van der Waals surface area contributed by atoms with Crippen LogP contribution in [0.25, 0.3) is 10.8 Å². The molecular formula is C22H28N4O3. The van der Waals surface area contributed by atoms with Crippen molar-refractivity contribution in [1.82, 2.24) is 14.8 Å². The lowest BCUT2D eigenvalue weighted by Crippen LogP contribution is -2.40. The van der Waals surface area contributed by atoms with Gasteiger partial charge in [-0.3, -0.25) is 9.69 Å². The van der Waals surface area contributed by atoms with Gasteiger partial charge in [0.2, 0.25) is 0 Å². The molecule has 0 unspecified atom stereocenters. The van der Waals surface area contributed by atoms with E-state index in [1.165, 1.54) is 4.57 Å². The number of hydrogen-bond acceptors (Lipinski definition) is 4. The van der Waals surface area contributed by atoms with Crippen LogP contribution in [0.5, 0.6) is 0 Å². The molecule has 0 aliphatic carbocycles. The largest absolute Gasteiger partial charge is 0.468 e.